The maximum absolute atomic E-state index is 5.28. The van der Waals surface area contributed by atoms with Crippen LogP contribution in [0.3, 0.4) is 0 Å². The number of aromatic amines is 1. The molecule has 0 saturated carbocycles. The van der Waals surface area contributed by atoms with Gasteiger partial charge in [-0.15, -0.1) is 0 Å². The SMILES string of the molecule is COc1ccc(/C=C/c2n[nH]c(=S)n(C)c2=S)cc1. The van der Waals surface area contributed by atoms with Crippen molar-refractivity contribution in [1.29, 1.82) is 0 Å². The number of rotatable bonds is 3. The van der Waals surface area contributed by atoms with Gasteiger partial charge in [0, 0.05) is 7.05 Å². The maximum Gasteiger partial charge on any atom is 0.194 e. The van der Waals surface area contributed by atoms with Crippen LogP contribution in [0, 0.1) is 9.41 Å². The molecule has 0 spiro atoms. The lowest BCUT2D eigenvalue weighted by atomic mass is 10.2. The van der Waals surface area contributed by atoms with Crippen molar-refractivity contribution in [2.75, 3.05) is 7.11 Å². The van der Waals surface area contributed by atoms with Crippen LogP contribution in [0.25, 0.3) is 12.2 Å². The molecule has 6 heteroatoms. The van der Waals surface area contributed by atoms with Gasteiger partial charge in [0.25, 0.3) is 0 Å². The van der Waals surface area contributed by atoms with Gasteiger partial charge in [0.15, 0.2) is 4.77 Å². The minimum atomic E-state index is 0.506. The molecule has 19 heavy (non-hydrogen) atoms. The molecule has 0 fully saturated rings. The summed E-state index contributed by atoms with van der Waals surface area (Å²) >= 11 is 10.3. The predicted octanol–water partition coefficient (Wildman–Crippen LogP) is 3.39. The number of H-pyrrole nitrogens is 1. The molecule has 0 amide bonds. The molecule has 4 nitrogen and oxygen atoms in total. The molecule has 0 saturated heterocycles. The van der Waals surface area contributed by atoms with E-state index >= 15 is 0 Å². The van der Waals surface area contributed by atoms with Crippen molar-refractivity contribution < 1.29 is 4.74 Å². The highest BCUT2D eigenvalue weighted by atomic mass is 32.1. The smallest absolute Gasteiger partial charge is 0.194 e. The third-order valence-electron chi connectivity index (χ3n) is 2.65. The average Bonchev–Trinajstić information content (AvgIpc) is 2.45. The number of methoxy groups -OCH3 is 1. The Morgan fingerprint density at radius 1 is 1.21 bits per heavy atom. The van der Waals surface area contributed by atoms with Crippen LogP contribution >= 0.6 is 24.4 Å². The zero-order valence-electron chi connectivity index (χ0n) is 10.6. The van der Waals surface area contributed by atoms with Gasteiger partial charge in [0.1, 0.15) is 16.1 Å². The van der Waals surface area contributed by atoms with E-state index in [1.54, 1.807) is 11.7 Å². The van der Waals surface area contributed by atoms with Gasteiger partial charge in [0.05, 0.1) is 7.11 Å². The van der Waals surface area contributed by atoms with E-state index in [1.807, 2.05) is 43.5 Å². The summed E-state index contributed by atoms with van der Waals surface area (Å²) in [7, 11) is 3.46. The molecule has 0 atom stereocenters. The highest BCUT2D eigenvalue weighted by Gasteiger charge is 1.97. The molecule has 98 valence electrons. The van der Waals surface area contributed by atoms with Crippen LogP contribution in [-0.2, 0) is 7.05 Å². The largest absolute Gasteiger partial charge is 0.497 e. The number of nitrogens with one attached hydrogen (secondary N) is 1. The first-order valence-electron chi connectivity index (χ1n) is 5.59. The Kier molecular flexibility index (Phi) is 4.24. The van der Waals surface area contributed by atoms with Gasteiger partial charge in [-0.25, -0.2) is 0 Å². The van der Waals surface area contributed by atoms with Gasteiger partial charge in [-0.05, 0) is 36.0 Å². The van der Waals surface area contributed by atoms with E-state index in [9.17, 15) is 0 Å². The van der Waals surface area contributed by atoms with Crippen LogP contribution < -0.4 is 4.74 Å². The lowest BCUT2D eigenvalue weighted by Gasteiger charge is -2.01. The van der Waals surface area contributed by atoms with Gasteiger partial charge in [-0.1, -0.05) is 30.4 Å². The molecule has 0 radical (unpaired) electrons. The van der Waals surface area contributed by atoms with Gasteiger partial charge in [-0.3, -0.25) is 5.10 Å². The molecule has 0 bridgehead atoms. The Morgan fingerprint density at radius 2 is 1.89 bits per heavy atom. The summed E-state index contributed by atoms with van der Waals surface area (Å²) in [4.78, 5) is 0. The molecule has 0 aliphatic rings. The molecule has 0 aliphatic carbocycles. The zero-order chi connectivity index (χ0) is 13.8. The van der Waals surface area contributed by atoms with Crippen LogP contribution in [0.5, 0.6) is 5.75 Å². The van der Waals surface area contributed by atoms with Crippen molar-refractivity contribution in [2.45, 2.75) is 0 Å². The van der Waals surface area contributed by atoms with Crippen molar-refractivity contribution in [1.82, 2.24) is 14.8 Å². The molecular weight excluding hydrogens is 278 g/mol. The molecule has 1 heterocycles. The van der Waals surface area contributed by atoms with Gasteiger partial charge < -0.3 is 9.30 Å². The second-order valence-electron chi connectivity index (χ2n) is 3.88. The van der Waals surface area contributed by atoms with Crippen molar-refractivity contribution >= 4 is 36.6 Å². The molecule has 1 N–H and O–H groups in total. The standard InChI is InChI=1S/C13H13N3OS2/c1-16-12(18)11(14-15-13(16)19)8-5-9-3-6-10(17-2)7-4-9/h3-8H,1-2H3,(H,15,19)/b8-5+. The van der Waals surface area contributed by atoms with E-state index in [-0.39, 0.29) is 0 Å². The second kappa shape index (κ2) is 5.90. The lowest BCUT2D eigenvalue weighted by Crippen LogP contribution is -2.02. The normalized spacial score (nSPS) is 10.8. The van der Waals surface area contributed by atoms with E-state index in [2.05, 4.69) is 10.2 Å². The fourth-order valence-corrected chi connectivity index (χ4v) is 1.89. The number of aromatic nitrogens is 3. The second-order valence-corrected chi connectivity index (χ2v) is 4.66. The first-order valence-corrected chi connectivity index (χ1v) is 6.41. The number of ether oxygens (including phenoxy) is 1. The Morgan fingerprint density at radius 3 is 2.53 bits per heavy atom. The molecular formula is C13H13N3OS2. The van der Waals surface area contributed by atoms with E-state index < -0.39 is 0 Å². The van der Waals surface area contributed by atoms with Crippen LogP contribution in [0.15, 0.2) is 24.3 Å². The van der Waals surface area contributed by atoms with Crippen molar-refractivity contribution in [3.63, 3.8) is 0 Å². The summed E-state index contributed by atoms with van der Waals surface area (Å²) in [6, 6.07) is 7.73. The highest BCUT2D eigenvalue weighted by molar-refractivity contribution is 7.72. The van der Waals surface area contributed by atoms with Crippen LogP contribution in [0.4, 0.5) is 0 Å². The minimum Gasteiger partial charge on any atom is -0.497 e. The Bertz CT molecular complexity index is 714. The average molecular weight is 291 g/mol. The van der Waals surface area contributed by atoms with E-state index in [0.29, 0.717) is 15.1 Å². The monoisotopic (exact) mass is 291 g/mol. The summed E-state index contributed by atoms with van der Waals surface area (Å²) in [5, 5.41) is 6.88. The lowest BCUT2D eigenvalue weighted by molar-refractivity contribution is 0.415. The first-order chi connectivity index (χ1) is 9.11. The predicted molar refractivity (Wildman–Crippen MR) is 81.1 cm³/mol. The van der Waals surface area contributed by atoms with Gasteiger partial charge in [0.2, 0.25) is 0 Å². The summed E-state index contributed by atoms with van der Waals surface area (Å²) in [6.07, 6.45) is 3.80. The Hall–Kier alpha value is -1.79. The quantitative estimate of drug-likeness (QED) is 0.880. The highest BCUT2D eigenvalue weighted by Crippen LogP contribution is 2.13. The summed E-state index contributed by atoms with van der Waals surface area (Å²) in [5.74, 6) is 0.828. The van der Waals surface area contributed by atoms with Crippen LogP contribution in [0.2, 0.25) is 0 Å². The molecule has 2 rings (SSSR count). The summed E-state index contributed by atoms with van der Waals surface area (Å²) in [5.41, 5.74) is 1.73. The number of benzene rings is 1. The third kappa shape index (κ3) is 3.15. The van der Waals surface area contributed by atoms with E-state index in [0.717, 1.165) is 11.3 Å². The minimum absolute atomic E-state index is 0.506. The number of hydrogen-bond donors (Lipinski definition) is 1. The molecule has 1 aromatic heterocycles. The molecule has 2 aromatic rings. The summed E-state index contributed by atoms with van der Waals surface area (Å²) in [6.45, 7) is 0. The van der Waals surface area contributed by atoms with E-state index in [4.69, 9.17) is 29.2 Å². The molecule has 0 aliphatic heterocycles. The number of hydrogen-bond acceptors (Lipinski definition) is 4. The molecule has 0 unspecified atom stereocenters. The van der Waals surface area contributed by atoms with Gasteiger partial charge in [-0.2, -0.15) is 5.10 Å². The Balaban J connectivity index is 2.30. The van der Waals surface area contributed by atoms with Crippen LogP contribution in [0.1, 0.15) is 11.3 Å². The first kappa shape index (κ1) is 13.6. The van der Waals surface area contributed by atoms with Gasteiger partial charge >= 0.3 is 0 Å². The fraction of sp³-hybridized carbons (Fsp3) is 0.154. The summed E-state index contributed by atoms with van der Waals surface area (Å²) < 4.78 is 7.93. The zero-order valence-corrected chi connectivity index (χ0v) is 12.2. The van der Waals surface area contributed by atoms with E-state index in [1.165, 1.54) is 0 Å². The topological polar surface area (TPSA) is 42.8 Å². The van der Waals surface area contributed by atoms with Crippen molar-refractivity contribution in [2.24, 2.45) is 7.05 Å². The Labute approximate surface area is 121 Å². The van der Waals surface area contributed by atoms with Crippen molar-refractivity contribution in [3.8, 4) is 5.75 Å². The van der Waals surface area contributed by atoms with Crippen molar-refractivity contribution in [3.05, 3.63) is 44.9 Å². The third-order valence-corrected chi connectivity index (χ3v) is 3.50. The fourth-order valence-electron chi connectivity index (χ4n) is 1.49. The number of nitrogens with zero attached hydrogens (tertiary/aromatic N) is 2. The van der Waals surface area contributed by atoms with Crippen LogP contribution in [-0.4, -0.2) is 21.9 Å². The molecule has 1 aromatic carbocycles. The maximum atomic E-state index is 5.28.